The Morgan fingerprint density at radius 3 is 2.80 bits per heavy atom. The van der Waals surface area contributed by atoms with Gasteiger partial charge in [-0.05, 0) is 6.42 Å². The van der Waals surface area contributed by atoms with E-state index < -0.39 is 17.9 Å². The van der Waals surface area contributed by atoms with Crippen molar-refractivity contribution in [3.8, 4) is 0 Å². The Labute approximate surface area is 60.9 Å². The number of carboxylic acids is 1. The van der Waals surface area contributed by atoms with Crippen molar-refractivity contribution in [2.75, 3.05) is 0 Å². The van der Waals surface area contributed by atoms with Crippen molar-refractivity contribution in [3.05, 3.63) is 0 Å². The van der Waals surface area contributed by atoms with Crippen LogP contribution in [0.1, 0.15) is 12.8 Å². The van der Waals surface area contributed by atoms with Gasteiger partial charge in [0.1, 0.15) is 7.45 Å². The van der Waals surface area contributed by atoms with Crippen LogP contribution in [0.4, 0.5) is 0 Å². The Morgan fingerprint density at radius 1 is 1.70 bits per heavy atom. The van der Waals surface area contributed by atoms with Crippen LogP contribution in [0.25, 0.3) is 0 Å². The van der Waals surface area contributed by atoms with Crippen LogP contribution in [-0.4, -0.2) is 23.0 Å². The molecule has 1 amide bonds. The molecule has 0 spiro atoms. The summed E-state index contributed by atoms with van der Waals surface area (Å²) < 4.78 is 13.0. The van der Waals surface area contributed by atoms with Gasteiger partial charge in [0.05, 0.1) is 0 Å². The van der Waals surface area contributed by atoms with Crippen LogP contribution >= 0.6 is 0 Å². The summed E-state index contributed by atoms with van der Waals surface area (Å²) in [6.45, 7) is 0. The van der Waals surface area contributed by atoms with Gasteiger partial charge in [0.15, 0.2) is 1.41 Å². The third-order valence-corrected chi connectivity index (χ3v) is 0.958. The number of primary amides is 1. The second-order valence-electron chi connectivity index (χ2n) is 1.85. The van der Waals surface area contributed by atoms with E-state index in [9.17, 15) is 9.59 Å². The highest BCUT2D eigenvalue weighted by Crippen LogP contribution is 1.92. The third-order valence-electron chi connectivity index (χ3n) is 0.958. The van der Waals surface area contributed by atoms with Crippen LogP contribution < -0.4 is 11.5 Å². The molecule has 5 heteroatoms. The van der Waals surface area contributed by atoms with Crippen LogP contribution in [0.2, 0.25) is 2.82 Å². The van der Waals surface area contributed by atoms with Gasteiger partial charge in [-0.2, -0.15) is 0 Å². The Kier molecular flexibility index (Phi) is 2.17. The highest BCUT2D eigenvalue weighted by Gasteiger charge is 2.11. The maximum atomic E-state index is 10.5. The summed E-state index contributed by atoms with van der Waals surface area (Å²) in [5.41, 5.74) is 3.40. The van der Waals surface area contributed by atoms with Gasteiger partial charge in [-0.1, -0.05) is 0 Å². The first kappa shape index (κ1) is 5.67. The van der Waals surface area contributed by atoms with Crippen LogP contribution in [-0.2, 0) is 9.59 Å². The quantitative estimate of drug-likeness (QED) is 0.448. The molecule has 5 N–H and O–H groups in total. The minimum absolute atomic E-state index is 0.00352. The summed E-state index contributed by atoms with van der Waals surface area (Å²) in [5.74, 6) is -1.74. The molecule has 0 heterocycles. The zero-order valence-corrected chi connectivity index (χ0v) is 5.26. The summed E-state index contributed by atoms with van der Waals surface area (Å²) in [6, 6.07) is -1.05. The fourth-order valence-corrected chi connectivity index (χ4v) is 0.399. The number of hydrogen-bond acceptors (Lipinski definition) is 3. The van der Waals surface area contributed by atoms with Crippen LogP contribution in [0.5, 0.6) is 0 Å². The van der Waals surface area contributed by atoms with Gasteiger partial charge in [0.25, 0.3) is 0 Å². The Bertz CT molecular complexity index is 176. The molecular weight excluding hydrogens is 136 g/mol. The van der Waals surface area contributed by atoms with E-state index in [1.165, 1.54) is 0 Å². The van der Waals surface area contributed by atoms with Crippen molar-refractivity contribution in [2.24, 2.45) is 11.5 Å². The van der Waals surface area contributed by atoms with E-state index in [1.807, 2.05) is 0 Å². The average Bonchev–Trinajstić information content (AvgIpc) is 2.04. The van der Waals surface area contributed by atoms with Crippen molar-refractivity contribution < 1.29 is 17.5 Å². The lowest BCUT2D eigenvalue weighted by Crippen LogP contribution is -2.31. The number of carboxylic acid groups (broad SMARTS) is 1. The van der Waals surface area contributed by atoms with E-state index in [0.717, 1.165) is 0 Å². The fraction of sp³-hybridized carbons (Fsp3) is 0.600. The van der Waals surface area contributed by atoms with Crippen LogP contribution in [0.15, 0.2) is 0 Å². The van der Waals surface area contributed by atoms with E-state index in [1.54, 1.807) is 11.5 Å². The molecule has 0 aliphatic heterocycles. The molecule has 0 aromatic rings. The first-order chi connectivity index (χ1) is 5.61. The first-order valence-electron chi connectivity index (χ1n) is 3.72. The molecular formula is C5H10N2O3. The zero-order chi connectivity index (χ0) is 9.56. The van der Waals surface area contributed by atoms with Crippen molar-refractivity contribution in [1.82, 2.24) is 0 Å². The molecule has 1 atom stereocenters. The topological polar surface area (TPSA) is 106 Å². The molecule has 0 saturated heterocycles. The van der Waals surface area contributed by atoms with Gasteiger partial charge in [0.2, 0.25) is 5.91 Å². The van der Waals surface area contributed by atoms with E-state index in [0.29, 0.717) is 0 Å². The summed E-state index contributed by atoms with van der Waals surface area (Å²) in [7, 11) is 0. The molecule has 5 nitrogen and oxygen atoms in total. The Balaban J connectivity index is 3.73. The number of amides is 1. The van der Waals surface area contributed by atoms with Crippen molar-refractivity contribution in [1.29, 1.82) is 0 Å². The molecule has 10 heavy (non-hydrogen) atoms. The number of carbonyl (C=O) groups is 2. The molecule has 0 rings (SSSR count). The molecule has 0 aromatic heterocycles. The highest BCUT2D eigenvalue weighted by molar-refractivity contribution is 5.76. The standard InChI is InChI=1S/C5H10N2O3/c6-3(5(9)10)1-2-4(7)8/h3H,1-2,6H2,(H2,7,8)(H,9,10)/t3-/m0/s1/i/hD2. The zero-order valence-electron chi connectivity index (χ0n) is 7.26. The van der Waals surface area contributed by atoms with Gasteiger partial charge in [-0.25, -0.2) is 0 Å². The normalized spacial score (nSPS) is 14.8. The minimum atomic E-state index is -1.18. The first-order valence-corrected chi connectivity index (χ1v) is 2.72. The van der Waals surface area contributed by atoms with Crippen LogP contribution in [0, 0.1) is 0 Å². The van der Waals surface area contributed by atoms with Crippen LogP contribution in [0.3, 0.4) is 0 Å². The summed E-state index contributed by atoms with van der Waals surface area (Å²) >= 11 is 0. The molecule has 0 unspecified atom stereocenters. The SMILES string of the molecule is [2H]NC(=O)CC[C@H](N[2H])C(=O)O. The second-order valence-corrected chi connectivity index (χ2v) is 1.85. The van der Waals surface area contributed by atoms with E-state index in [2.05, 4.69) is 0 Å². The lowest BCUT2D eigenvalue weighted by atomic mass is 10.2. The molecule has 0 aliphatic carbocycles. The maximum Gasteiger partial charge on any atom is 0.320 e. The Morgan fingerprint density at radius 2 is 2.40 bits per heavy atom. The molecule has 58 valence electrons. The molecule has 0 aliphatic rings. The predicted molar refractivity (Wildman–Crippen MR) is 34.0 cm³/mol. The van der Waals surface area contributed by atoms with E-state index in [-0.39, 0.29) is 12.8 Å². The minimum Gasteiger partial charge on any atom is -0.480 e. The molecule has 0 aromatic carbocycles. The van der Waals surface area contributed by atoms with E-state index in [4.69, 9.17) is 7.93 Å². The van der Waals surface area contributed by atoms with Crippen molar-refractivity contribution in [3.63, 3.8) is 0 Å². The number of rotatable bonds is 5. The Hall–Kier alpha value is -1.10. The summed E-state index contributed by atoms with van der Waals surface area (Å²) in [6.07, 6.45) is -0.0735. The number of aliphatic carboxylic acids is 1. The number of hydrogen-bond donors (Lipinski definition) is 3. The second kappa shape index (κ2) is 3.84. The lowest BCUT2D eigenvalue weighted by Gasteiger charge is -2.01. The largest absolute Gasteiger partial charge is 0.480 e. The molecule has 0 saturated carbocycles. The maximum absolute atomic E-state index is 10.5. The average molecular weight is 148 g/mol. The van der Waals surface area contributed by atoms with E-state index >= 15 is 0 Å². The smallest absolute Gasteiger partial charge is 0.320 e. The summed E-state index contributed by atoms with van der Waals surface area (Å²) in [4.78, 5) is 20.7. The summed E-state index contributed by atoms with van der Waals surface area (Å²) in [5, 5.41) is 8.40. The van der Waals surface area contributed by atoms with Gasteiger partial charge in [0, 0.05) is 6.42 Å². The van der Waals surface area contributed by atoms with Crippen molar-refractivity contribution in [2.45, 2.75) is 18.9 Å². The third kappa shape index (κ3) is 3.85. The highest BCUT2D eigenvalue weighted by atomic mass is 16.4. The van der Waals surface area contributed by atoms with Crippen molar-refractivity contribution >= 4 is 11.9 Å². The van der Waals surface area contributed by atoms with Gasteiger partial charge in [-0.3, -0.25) is 9.59 Å². The van der Waals surface area contributed by atoms with Gasteiger partial charge < -0.3 is 16.6 Å². The van der Waals surface area contributed by atoms with Gasteiger partial charge >= 0.3 is 5.97 Å². The molecule has 0 radical (unpaired) electrons. The number of nitrogens with two attached hydrogens (primary N) is 2. The monoisotopic (exact) mass is 148 g/mol. The number of carbonyl (C=O) groups excluding carboxylic acids is 1. The lowest BCUT2D eigenvalue weighted by molar-refractivity contribution is -0.138. The predicted octanol–water partition coefficient (Wildman–Crippen LogP) is -1.34. The fourth-order valence-electron chi connectivity index (χ4n) is 0.399. The van der Waals surface area contributed by atoms with Gasteiger partial charge in [-0.15, -0.1) is 0 Å². The molecule has 0 bridgehead atoms. The molecule has 0 fully saturated rings.